The van der Waals surface area contributed by atoms with Gasteiger partial charge in [-0.3, -0.25) is 0 Å². The van der Waals surface area contributed by atoms with E-state index in [-0.39, 0.29) is 10.4 Å². The van der Waals surface area contributed by atoms with E-state index in [0.717, 1.165) is 5.56 Å². The monoisotopic (exact) mass is 257 g/mol. The molecule has 0 spiro atoms. The minimum atomic E-state index is -3.52. The zero-order valence-electron chi connectivity index (χ0n) is 10.4. The molecule has 6 heteroatoms. The molecular weight excluding hydrogens is 238 g/mol. The Labute approximate surface area is 102 Å². The summed E-state index contributed by atoms with van der Waals surface area (Å²) in [4.78, 5) is 3.89. The molecule has 5 nitrogen and oxygen atoms in total. The van der Waals surface area contributed by atoms with Crippen molar-refractivity contribution in [3.05, 3.63) is 23.9 Å². The van der Waals surface area contributed by atoms with E-state index in [2.05, 4.69) is 9.71 Å². The Hall–Kier alpha value is -0.980. The summed E-state index contributed by atoms with van der Waals surface area (Å²) in [6.45, 7) is 6.60. The third kappa shape index (κ3) is 4.41. The summed E-state index contributed by atoms with van der Waals surface area (Å²) in [5.74, 6) is 0. The fourth-order valence-corrected chi connectivity index (χ4v) is 2.29. The van der Waals surface area contributed by atoms with E-state index in [9.17, 15) is 8.42 Å². The molecule has 0 radical (unpaired) electrons. The zero-order chi connectivity index (χ0) is 13.1. The first kappa shape index (κ1) is 14.1. The first-order chi connectivity index (χ1) is 7.74. The van der Waals surface area contributed by atoms with Gasteiger partial charge in [0, 0.05) is 19.3 Å². The molecule has 17 heavy (non-hydrogen) atoms. The second-order valence-electron chi connectivity index (χ2n) is 5.09. The molecule has 96 valence electrons. The first-order valence-corrected chi connectivity index (χ1v) is 6.87. The molecule has 3 N–H and O–H groups in total. The van der Waals surface area contributed by atoms with E-state index < -0.39 is 10.0 Å². The van der Waals surface area contributed by atoms with Crippen molar-refractivity contribution < 1.29 is 8.42 Å². The van der Waals surface area contributed by atoms with Crippen LogP contribution in [-0.4, -0.2) is 19.9 Å². The highest BCUT2D eigenvalue weighted by Gasteiger charge is 2.19. The lowest BCUT2D eigenvalue weighted by Gasteiger charge is -2.18. The molecule has 1 heterocycles. The molecule has 0 bridgehead atoms. The van der Waals surface area contributed by atoms with Crippen LogP contribution in [0.1, 0.15) is 26.3 Å². The van der Waals surface area contributed by atoms with Gasteiger partial charge in [0.05, 0.1) is 0 Å². The number of nitrogens with zero attached hydrogens (tertiary/aromatic N) is 1. The van der Waals surface area contributed by atoms with Gasteiger partial charge in [0.25, 0.3) is 10.0 Å². The van der Waals surface area contributed by atoms with Crippen molar-refractivity contribution in [3.8, 4) is 0 Å². The number of nitrogens with one attached hydrogen (secondary N) is 1. The van der Waals surface area contributed by atoms with Crippen LogP contribution in [0, 0.1) is 5.41 Å². The highest BCUT2D eigenvalue weighted by molar-refractivity contribution is 7.89. The van der Waals surface area contributed by atoms with Gasteiger partial charge in [-0.2, -0.15) is 0 Å². The van der Waals surface area contributed by atoms with Gasteiger partial charge in [0.2, 0.25) is 0 Å². The summed E-state index contributed by atoms with van der Waals surface area (Å²) in [5.41, 5.74) is 6.12. The van der Waals surface area contributed by atoms with Gasteiger partial charge in [-0.15, -0.1) is 0 Å². The van der Waals surface area contributed by atoms with Crippen LogP contribution in [0.15, 0.2) is 23.4 Å². The standard InChI is InChI=1S/C11H19N3O2S/c1-11(2,3)8-14-17(15,16)10-5-4-9(6-12)7-13-10/h4-5,7,14H,6,8,12H2,1-3H3. The lowest BCUT2D eigenvalue weighted by molar-refractivity contribution is 0.407. The lowest BCUT2D eigenvalue weighted by Crippen LogP contribution is -2.32. The molecule has 0 unspecified atom stereocenters. The number of sulfonamides is 1. The Bertz CT molecular complexity index is 460. The minimum Gasteiger partial charge on any atom is -0.326 e. The first-order valence-electron chi connectivity index (χ1n) is 5.39. The summed E-state index contributed by atoms with van der Waals surface area (Å²) in [6.07, 6.45) is 1.48. The third-order valence-corrected chi connectivity index (χ3v) is 3.42. The maximum Gasteiger partial charge on any atom is 0.258 e. The molecule has 1 aromatic rings. The van der Waals surface area contributed by atoms with Gasteiger partial charge in [-0.25, -0.2) is 18.1 Å². The van der Waals surface area contributed by atoms with Crippen molar-refractivity contribution in [3.63, 3.8) is 0 Å². The number of hydrogen-bond acceptors (Lipinski definition) is 4. The Balaban J connectivity index is 2.82. The van der Waals surface area contributed by atoms with E-state index in [1.165, 1.54) is 12.3 Å². The Morgan fingerprint density at radius 3 is 2.41 bits per heavy atom. The highest BCUT2D eigenvalue weighted by Crippen LogP contribution is 2.13. The largest absolute Gasteiger partial charge is 0.326 e. The van der Waals surface area contributed by atoms with Crippen LogP contribution >= 0.6 is 0 Å². The van der Waals surface area contributed by atoms with Crippen LogP contribution in [-0.2, 0) is 16.6 Å². The van der Waals surface area contributed by atoms with Crippen molar-refractivity contribution in [1.29, 1.82) is 0 Å². The molecule has 0 atom stereocenters. The van der Waals surface area contributed by atoms with E-state index in [1.54, 1.807) is 6.07 Å². The maximum atomic E-state index is 11.9. The molecule has 0 aliphatic carbocycles. The second-order valence-corrected chi connectivity index (χ2v) is 6.81. The van der Waals surface area contributed by atoms with Crippen LogP contribution in [0.25, 0.3) is 0 Å². The molecule has 0 aromatic carbocycles. The molecule has 1 aromatic heterocycles. The maximum absolute atomic E-state index is 11.9. The van der Waals surface area contributed by atoms with Crippen molar-refractivity contribution in [2.75, 3.05) is 6.54 Å². The smallest absolute Gasteiger partial charge is 0.258 e. The van der Waals surface area contributed by atoms with Gasteiger partial charge in [-0.05, 0) is 17.0 Å². The van der Waals surface area contributed by atoms with Gasteiger partial charge in [0.1, 0.15) is 0 Å². The Kier molecular flexibility index (Phi) is 4.24. The Morgan fingerprint density at radius 2 is 2.00 bits per heavy atom. The summed E-state index contributed by atoms with van der Waals surface area (Å²) in [6, 6.07) is 3.13. The predicted molar refractivity (Wildman–Crippen MR) is 66.8 cm³/mol. The average molecular weight is 257 g/mol. The fraction of sp³-hybridized carbons (Fsp3) is 0.545. The number of aromatic nitrogens is 1. The van der Waals surface area contributed by atoms with Gasteiger partial charge in [0.15, 0.2) is 5.03 Å². The van der Waals surface area contributed by atoms with E-state index in [0.29, 0.717) is 13.1 Å². The predicted octanol–water partition coefficient (Wildman–Crippen LogP) is 0.865. The molecule has 0 fully saturated rings. The molecule has 0 aliphatic rings. The highest BCUT2D eigenvalue weighted by atomic mass is 32.2. The third-order valence-electron chi connectivity index (χ3n) is 2.10. The quantitative estimate of drug-likeness (QED) is 0.838. The topological polar surface area (TPSA) is 85.1 Å². The van der Waals surface area contributed by atoms with Crippen LogP contribution in [0.3, 0.4) is 0 Å². The molecule has 1 rings (SSSR count). The number of nitrogens with two attached hydrogens (primary N) is 1. The molecule has 0 saturated heterocycles. The van der Waals surface area contributed by atoms with E-state index in [1.807, 2.05) is 20.8 Å². The zero-order valence-corrected chi connectivity index (χ0v) is 11.2. The van der Waals surface area contributed by atoms with Crippen LogP contribution in [0.5, 0.6) is 0 Å². The van der Waals surface area contributed by atoms with E-state index in [4.69, 9.17) is 5.73 Å². The van der Waals surface area contributed by atoms with Crippen molar-refractivity contribution in [2.24, 2.45) is 11.1 Å². The number of rotatable bonds is 4. The average Bonchev–Trinajstić information content (AvgIpc) is 2.26. The van der Waals surface area contributed by atoms with Crippen LogP contribution in [0.2, 0.25) is 0 Å². The van der Waals surface area contributed by atoms with Gasteiger partial charge < -0.3 is 5.73 Å². The summed E-state index contributed by atoms with van der Waals surface area (Å²) in [5, 5.41) is 0.0268. The van der Waals surface area contributed by atoms with E-state index >= 15 is 0 Å². The van der Waals surface area contributed by atoms with Crippen LogP contribution in [0.4, 0.5) is 0 Å². The molecule has 0 amide bonds. The van der Waals surface area contributed by atoms with Crippen molar-refractivity contribution in [2.45, 2.75) is 32.3 Å². The summed E-state index contributed by atoms with van der Waals surface area (Å²) >= 11 is 0. The van der Waals surface area contributed by atoms with Crippen molar-refractivity contribution in [1.82, 2.24) is 9.71 Å². The summed E-state index contributed by atoms with van der Waals surface area (Å²) in [7, 11) is -3.52. The SMILES string of the molecule is CC(C)(C)CNS(=O)(=O)c1ccc(CN)cn1. The lowest BCUT2D eigenvalue weighted by atomic mass is 9.98. The number of pyridine rings is 1. The van der Waals surface area contributed by atoms with Crippen molar-refractivity contribution >= 4 is 10.0 Å². The molecular formula is C11H19N3O2S. The van der Waals surface area contributed by atoms with Gasteiger partial charge in [-0.1, -0.05) is 26.8 Å². The number of hydrogen-bond donors (Lipinski definition) is 2. The Morgan fingerprint density at radius 1 is 1.35 bits per heavy atom. The van der Waals surface area contributed by atoms with Crippen LogP contribution < -0.4 is 10.5 Å². The van der Waals surface area contributed by atoms with Gasteiger partial charge >= 0.3 is 0 Å². The molecule has 0 aliphatic heterocycles. The molecule has 0 saturated carbocycles. The normalized spacial score (nSPS) is 12.7. The minimum absolute atomic E-state index is 0.0268. The summed E-state index contributed by atoms with van der Waals surface area (Å²) < 4.78 is 26.3. The second kappa shape index (κ2) is 5.12. The fourth-order valence-electron chi connectivity index (χ4n) is 1.08.